The van der Waals surface area contributed by atoms with E-state index in [4.69, 9.17) is 37.4 Å². The molecule has 0 aliphatic rings. The van der Waals surface area contributed by atoms with Crippen molar-refractivity contribution in [3.8, 4) is 17.7 Å². The zero-order valence-corrected chi connectivity index (χ0v) is 22.4. The minimum Gasteiger partial charge on any atom is -0.489 e. The van der Waals surface area contributed by atoms with Gasteiger partial charge in [-0.05, 0) is 52.7 Å². The van der Waals surface area contributed by atoms with Gasteiger partial charge in [0, 0.05) is 32.8 Å². The van der Waals surface area contributed by atoms with Crippen LogP contribution in [-0.2, 0) is 22.7 Å². The number of carbonyl (C=O) groups excluding carboxylic acids is 1. The second-order valence-electron chi connectivity index (χ2n) is 7.39. The first-order valence-corrected chi connectivity index (χ1v) is 12.1. The molecule has 2 aromatic carbocycles. The number of nitriles is 1. The minimum absolute atomic E-state index is 0.0509. The highest BCUT2D eigenvalue weighted by Gasteiger charge is 2.18. The van der Waals surface area contributed by atoms with Crippen molar-refractivity contribution in [2.45, 2.75) is 20.1 Å². The largest absolute Gasteiger partial charge is 0.489 e. The Bertz CT molecular complexity index is 1330. The van der Waals surface area contributed by atoms with Crippen LogP contribution in [0.1, 0.15) is 27.9 Å². The molecule has 36 heavy (non-hydrogen) atoms. The Kier molecular flexibility index (Phi) is 10.1. The number of aromatic nitrogens is 1. The van der Waals surface area contributed by atoms with E-state index in [-0.39, 0.29) is 31.3 Å². The number of hydrogen-bond donors (Lipinski definition) is 1. The molecule has 0 fully saturated rings. The summed E-state index contributed by atoms with van der Waals surface area (Å²) in [5.41, 5.74) is 5.29. The van der Waals surface area contributed by atoms with Crippen molar-refractivity contribution < 1.29 is 19.0 Å². The predicted octanol–water partition coefficient (Wildman–Crippen LogP) is 5.59. The van der Waals surface area contributed by atoms with Crippen molar-refractivity contribution in [1.82, 2.24) is 10.4 Å². The van der Waals surface area contributed by atoms with Crippen LogP contribution >= 0.6 is 39.1 Å². The van der Waals surface area contributed by atoms with Gasteiger partial charge in [0.2, 0.25) is 5.88 Å². The smallest absolute Gasteiger partial charge is 0.278 e. The van der Waals surface area contributed by atoms with E-state index < -0.39 is 5.91 Å². The first-order valence-electron chi connectivity index (χ1n) is 10.5. The van der Waals surface area contributed by atoms with Crippen LogP contribution in [0.15, 0.2) is 52.0 Å². The molecule has 0 spiro atoms. The summed E-state index contributed by atoms with van der Waals surface area (Å²) in [7, 11) is 1.52. The second kappa shape index (κ2) is 13.2. The Morgan fingerprint density at radius 3 is 2.75 bits per heavy atom. The molecule has 0 saturated carbocycles. The Morgan fingerprint density at radius 2 is 2.03 bits per heavy atom. The Balaban J connectivity index is 1.56. The topological polar surface area (TPSA) is 106 Å². The summed E-state index contributed by atoms with van der Waals surface area (Å²) >= 11 is 15.5. The molecule has 3 aromatic rings. The number of hydrazone groups is 1. The van der Waals surface area contributed by atoms with E-state index in [2.05, 4.69) is 37.5 Å². The molecule has 0 aliphatic carbocycles. The highest BCUT2D eigenvalue weighted by atomic mass is 79.9. The summed E-state index contributed by atoms with van der Waals surface area (Å²) in [6.45, 7) is 1.83. The third-order valence-corrected chi connectivity index (χ3v) is 6.42. The number of pyridine rings is 1. The van der Waals surface area contributed by atoms with Crippen LogP contribution in [-0.4, -0.2) is 30.8 Å². The number of ether oxygens (including phenoxy) is 3. The zero-order chi connectivity index (χ0) is 26.1. The number of benzene rings is 2. The molecule has 0 saturated heterocycles. The van der Waals surface area contributed by atoms with Crippen molar-refractivity contribution in [1.29, 1.82) is 5.26 Å². The monoisotopic (exact) mass is 590 g/mol. The third-order valence-electron chi connectivity index (χ3n) is 4.78. The number of halogens is 3. The number of nitrogens with zero attached hydrogens (tertiary/aromatic N) is 3. The molecular formula is C25H21BrCl2N4O4. The van der Waals surface area contributed by atoms with Gasteiger partial charge in [-0.2, -0.15) is 10.4 Å². The molecule has 11 heteroatoms. The average Bonchev–Trinajstić information content (AvgIpc) is 2.85. The van der Waals surface area contributed by atoms with E-state index in [1.807, 2.05) is 0 Å². The van der Waals surface area contributed by atoms with Gasteiger partial charge >= 0.3 is 0 Å². The summed E-state index contributed by atoms with van der Waals surface area (Å²) in [6.07, 6.45) is 1.47. The van der Waals surface area contributed by atoms with Crippen molar-refractivity contribution >= 4 is 51.3 Å². The van der Waals surface area contributed by atoms with E-state index in [9.17, 15) is 10.1 Å². The summed E-state index contributed by atoms with van der Waals surface area (Å²) in [5.74, 6) is 0.137. The van der Waals surface area contributed by atoms with Gasteiger partial charge in [0.05, 0.1) is 18.5 Å². The zero-order valence-electron chi connectivity index (χ0n) is 19.3. The number of rotatable bonds is 10. The van der Waals surface area contributed by atoms with Crippen LogP contribution in [0.4, 0.5) is 0 Å². The first kappa shape index (κ1) is 27.4. The third kappa shape index (κ3) is 7.42. The number of methoxy groups -OCH3 is 1. The van der Waals surface area contributed by atoms with E-state index in [0.29, 0.717) is 37.1 Å². The molecule has 1 N–H and O–H groups in total. The lowest BCUT2D eigenvalue weighted by atomic mass is 10.1. The normalized spacial score (nSPS) is 10.8. The van der Waals surface area contributed by atoms with Crippen LogP contribution in [0, 0.1) is 18.3 Å². The van der Waals surface area contributed by atoms with Gasteiger partial charge in [-0.15, -0.1) is 0 Å². The maximum absolute atomic E-state index is 12.2. The number of nitrogens with one attached hydrogen (secondary N) is 1. The van der Waals surface area contributed by atoms with Crippen molar-refractivity contribution in [3.63, 3.8) is 0 Å². The highest BCUT2D eigenvalue weighted by Crippen LogP contribution is 2.30. The molecule has 186 valence electrons. The quantitative estimate of drug-likeness (QED) is 0.243. The number of amides is 1. The van der Waals surface area contributed by atoms with Crippen molar-refractivity contribution in [2.24, 2.45) is 5.10 Å². The Hall–Kier alpha value is -3.16. The van der Waals surface area contributed by atoms with Gasteiger partial charge < -0.3 is 14.2 Å². The Labute approximate surface area is 226 Å². The average molecular weight is 592 g/mol. The van der Waals surface area contributed by atoms with Crippen LogP contribution < -0.4 is 14.9 Å². The van der Waals surface area contributed by atoms with E-state index in [1.165, 1.54) is 13.3 Å². The molecule has 1 heterocycles. The number of carbonyl (C=O) groups is 1. The molecule has 0 aliphatic heterocycles. The van der Waals surface area contributed by atoms with Gasteiger partial charge in [-0.3, -0.25) is 4.79 Å². The van der Waals surface area contributed by atoms with Crippen molar-refractivity contribution in [2.75, 3.05) is 13.7 Å². The summed E-state index contributed by atoms with van der Waals surface area (Å²) in [6, 6.07) is 14.4. The molecule has 0 bridgehead atoms. The Morgan fingerprint density at radius 1 is 1.22 bits per heavy atom. The van der Waals surface area contributed by atoms with Gasteiger partial charge in [-0.1, -0.05) is 41.4 Å². The molecule has 0 unspecified atom stereocenters. The number of hydrogen-bond acceptors (Lipinski definition) is 7. The first-order chi connectivity index (χ1) is 17.3. The van der Waals surface area contributed by atoms with E-state index in [0.717, 1.165) is 5.56 Å². The highest BCUT2D eigenvalue weighted by molar-refractivity contribution is 9.10. The lowest BCUT2D eigenvalue weighted by Crippen LogP contribution is -2.25. The fraction of sp³-hybridized carbons (Fsp3) is 0.200. The van der Waals surface area contributed by atoms with Crippen molar-refractivity contribution in [3.05, 3.63) is 84.9 Å². The maximum atomic E-state index is 12.2. The molecule has 0 atom stereocenters. The van der Waals surface area contributed by atoms with Crippen LogP contribution in [0.5, 0.6) is 11.6 Å². The standard InChI is InChI=1S/C25H21BrCl2N4O4/c1-15-24(26)21(13-34-2)20(10-29)25(31-15)36-14-23(33)32-30-11-16-4-3-5-19(8-16)35-12-17-6-7-18(27)9-22(17)28/h3-9,11H,12-14H2,1-2H3,(H,32,33)/b30-11+. The maximum Gasteiger partial charge on any atom is 0.278 e. The minimum atomic E-state index is -0.518. The SMILES string of the molecule is COCc1c(Br)c(C)nc(OCC(=O)N/N=C/c2cccc(OCc3ccc(Cl)cc3Cl)c2)c1C#N. The van der Waals surface area contributed by atoms with Crippen LogP contribution in [0.3, 0.4) is 0 Å². The molecule has 0 radical (unpaired) electrons. The van der Waals surface area contributed by atoms with Crippen LogP contribution in [0.25, 0.3) is 0 Å². The predicted molar refractivity (Wildman–Crippen MR) is 141 cm³/mol. The lowest BCUT2D eigenvalue weighted by molar-refractivity contribution is -0.123. The summed E-state index contributed by atoms with van der Waals surface area (Å²) < 4.78 is 17.1. The van der Waals surface area contributed by atoms with Gasteiger partial charge in [0.15, 0.2) is 6.61 Å². The van der Waals surface area contributed by atoms with Gasteiger partial charge in [-0.25, -0.2) is 10.4 Å². The van der Waals surface area contributed by atoms with Crippen LogP contribution in [0.2, 0.25) is 10.0 Å². The second-order valence-corrected chi connectivity index (χ2v) is 9.03. The fourth-order valence-corrected chi connectivity index (χ4v) is 3.91. The van der Waals surface area contributed by atoms with Gasteiger partial charge in [0.25, 0.3) is 5.91 Å². The molecule has 3 rings (SSSR count). The number of aryl methyl sites for hydroxylation is 1. The lowest BCUT2D eigenvalue weighted by Gasteiger charge is -2.13. The molecule has 8 nitrogen and oxygen atoms in total. The molecule has 1 aromatic heterocycles. The fourth-order valence-electron chi connectivity index (χ4n) is 3.04. The van der Waals surface area contributed by atoms with E-state index >= 15 is 0 Å². The summed E-state index contributed by atoms with van der Waals surface area (Å²) in [5, 5.41) is 14.6. The van der Waals surface area contributed by atoms with Gasteiger partial charge in [0.1, 0.15) is 24.0 Å². The molecular weight excluding hydrogens is 571 g/mol. The summed E-state index contributed by atoms with van der Waals surface area (Å²) in [4.78, 5) is 16.5. The molecule has 1 amide bonds. The van der Waals surface area contributed by atoms with E-state index in [1.54, 1.807) is 49.4 Å².